The molecule has 0 N–H and O–H groups in total. The van der Waals surface area contributed by atoms with Crippen LogP contribution in [0.2, 0.25) is 0 Å². The molecule has 3 atom stereocenters. The second-order valence-corrected chi connectivity index (χ2v) is 14.0. The Morgan fingerprint density at radius 3 is 2.28 bits per heavy atom. The standard InChI is InChI=1S/C32H41O5P.Na/c1-32(2,3)31(36-5)29-17-22(13-16-28(29)24-9-7-11-26(18-24)35-4)20-37-27-12-8-10-25(19-27)30(23-14-15-23)21-38(6,33)34;/h7-13,16-19,23,30-31H,14-15,20-21H2,1-6H3,(H,33,34);/q;+1/p-1/t30-,31+;/m0./s1. The van der Waals surface area contributed by atoms with Crippen LogP contribution in [0.3, 0.4) is 0 Å². The first kappa shape index (κ1) is 31.9. The monoisotopic (exact) mass is 558 g/mol. The number of benzene rings is 3. The number of hydrogen-bond acceptors (Lipinski definition) is 5. The van der Waals surface area contributed by atoms with E-state index >= 15 is 0 Å². The van der Waals surface area contributed by atoms with Gasteiger partial charge in [0.1, 0.15) is 18.1 Å². The molecule has 1 aliphatic rings. The van der Waals surface area contributed by atoms with Crippen LogP contribution < -0.4 is 43.9 Å². The second kappa shape index (κ2) is 13.4. The molecule has 0 bridgehead atoms. The normalized spacial score (nSPS) is 16.5. The van der Waals surface area contributed by atoms with Crippen molar-refractivity contribution in [1.29, 1.82) is 0 Å². The minimum Gasteiger partial charge on any atom is -0.799 e. The second-order valence-electron chi connectivity index (χ2n) is 11.6. The molecular weight excluding hydrogens is 518 g/mol. The predicted molar refractivity (Wildman–Crippen MR) is 152 cm³/mol. The van der Waals surface area contributed by atoms with Crippen molar-refractivity contribution in [2.75, 3.05) is 27.0 Å². The molecule has 3 aromatic rings. The van der Waals surface area contributed by atoms with E-state index in [0.29, 0.717) is 12.5 Å². The summed E-state index contributed by atoms with van der Waals surface area (Å²) in [6.07, 6.45) is 2.27. The van der Waals surface area contributed by atoms with Gasteiger partial charge < -0.3 is 23.7 Å². The first-order chi connectivity index (χ1) is 18.0. The Morgan fingerprint density at radius 2 is 1.67 bits per heavy atom. The van der Waals surface area contributed by atoms with Crippen LogP contribution in [0.25, 0.3) is 11.1 Å². The van der Waals surface area contributed by atoms with Gasteiger partial charge in [-0.15, -0.1) is 0 Å². The van der Waals surface area contributed by atoms with Gasteiger partial charge in [0.05, 0.1) is 13.2 Å². The average molecular weight is 559 g/mol. The van der Waals surface area contributed by atoms with Gasteiger partial charge >= 0.3 is 29.6 Å². The zero-order valence-corrected chi connectivity index (χ0v) is 27.3. The van der Waals surface area contributed by atoms with Crippen molar-refractivity contribution in [3.8, 4) is 22.6 Å². The van der Waals surface area contributed by atoms with Crippen molar-refractivity contribution in [3.63, 3.8) is 0 Å². The molecule has 0 aliphatic heterocycles. The van der Waals surface area contributed by atoms with Gasteiger partial charge in [-0.25, -0.2) is 0 Å². The zero-order valence-electron chi connectivity index (χ0n) is 24.4. The average Bonchev–Trinajstić information content (AvgIpc) is 3.71. The molecule has 7 heteroatoms. The molecule has 3 aromatic carbocycles. The summed E-state index contributed by atoms with van der Waals surface area (Å²) in [6.45, 7) is 8.29. The molecule has 1 saturated carbocycles. The van der Waals surface area contributed by atoms with Crippen molar-refractivity contribution in [2.24, 2.45) is 11.3 Å². The van der Waals surface area contributed by atoms with Gasteiger partial charge in [-0.1, -0.05) is 57.2 Å². The minimum atomic E-state index is -3.36. The van der Waals surface area contributed by atoms with E-state index in [1.807, 2.05) is 42.5 Å². The molecule has 5 nitrogen and oxygen atoms in total. The Hall–Kier alpha value is -1.59. The molecule has 204 valence electrons. The molecule has 0 heterocycles. The van der Waals surface area contributed by atoms with Crippen LogP contribution in [-0.4, -0.2) is 27.0 Å². The maximum atomic E-state index is 12.1. The molecule has 1 fully saturated rings. The maximum absolute atomic E-state index is 12.1. The summed E-state index contributed by atoms with van der Waals surface area (Å²) >= 11 is 0. The predicted octanol–water partition coefficient (Wildman–Crippen LogP) is 4.44. The molecule has 0 radical (unpaired) electrons. The van der Waals surface area contributed by atoms with Crippen LogP contribution in [0.4, 0.5) is 0 Å². The van der Waals surface area contributed by atoms with E-state index in [1.165, 1.54) is 6.66 Å². The number of ether oxygens (including phenoxy) is 3. The fourth-order valence-corrected chi connectivity index (χ4v) is 6.53. The smallest absolute Gasteiger partial charge is 0.799 e. The summed E-state index contributed by atoms with van der Waals surface area (Å²) < 4.78 is 29.8. The Kier molecular flexibility index (Phi) is 11.0. The summed E-state index contributed by atoms with van der Waals surface area (Å²) in [5.41, 5.74) is 5.25. The first-order valence-electron chi connectivity index (χ1n) is 13.3. The molecule has 1 unspecified atom stereocenters. The summed E-state index contributed by atoms with van der Waals surface area (Å²) in [7, 11) is 0.0772. The molecule has 0 spiro atoms. The van der Waals surface area contributed by atoms with Gasteiger partial charge in [-0.2, -0.15) is 0 Å². The van der Waals surface area contributed by atoms with Crippen molar-refractivity contribution in [2.45, 2.75) is 52.2 Å². The maximum Gasteiger partial charge on any atom is 1.00 e. The van der Waals surface area contributed by atoms with Gasteiger partial charge in [0.2, 0.25) is 0 Å². The minimum absolute atomic E-state index is 0. The number of methoxy groups -OCH3 is 2. The molecule has 1 aliphatic carbocycles. The molecule has 0 amide bonds. The first-order valence-corrected chi connectivity index (χ1v) is 15.5. The third-order valence-corrected chi connectivity index (χ3v) is 8.27. The summed E-state index contributed by atoms with van der Waals surface area (Å²) in [5, 5.41) is 0. The fourth-order valence-electron chi connectivity index (χ4n) is 5.30. The van der Waals surface area contributed by atoms with Crippen molar-refractivity contribution >= 4 is 7.37 Å². The van der Waals surface area contributed by atoms with Crippen molar-refractivity contribution < 1.29 is 53.2 Å². The van der Waals surface area contributed by atoms with Gasteiger partial charge in [0.25, 0.3) is 0 Å². The van der Waals surface area contributed by atoms with E-state index in [1.54, 1.807) is 14.2 Å². The Morgan fingerprint density at radius 1 is 0.974 bits per heavy atom. The van der Waals surface area contributed by atoms with Gasteiger partial charge in [0, 0.05) is 14.5 Å². The number of rotatable bonds is 11. The quantitative estimate of drug-likeness (QED) is 0.257. The SMILES string of the molecule is COc1cccc(-c2ccc(COc3cccc([C@@H](CP(C)(=O)[O-])C4CC4)c3)cc2[C@@H](OC)C(C)(C)C)c1.[Na+]. The van der Waals surface area contributed by atoms with Crippen LogP contribution >= 0.6 is 7.37 Å². The molecular formula is C32H40NaO5P. The van der Waals surface area contributed by atoms with Crippen LogP contribution in [0.5, 0.6) is 11.5 Å². The fraction of sp³-hybridized carbons (Fsp3) is 0.438. The van der Waals surface area contributed by atoms with Crippen LogP contribution in [0, 0.1) is 11.3 Å². The molecule has 0 saturated heterocycles. The van der Waals surface area contributed by atoms with Gasteiger partial charge in [-0.05, 0) is 101 Å². The Labute approximate surface area is 256 Å². The zero-order chi connectivity index (χ0) is 27.5. The van der Waals surface area contributed by atoms with E-state index in [-0.39, 0.29) is 53.2 Å². The topological polar surface area (TPSA) is 67.8 Å². The van der Waals surface area contributed by atoms with Gasteiger partial charge in [0.15, 0.2) is 0 Å². The van der Waals surface area contributed by atoms with Crippen LogP contribution in [-0.2, 0) is 15.9 Å². The van der Waals surface area contributed by atoms with Crippen LogP contribution in [0.15, 0.2) is 66.7 Å². The van der Waals surface area contributed by atoms with E-state index in [2.05, 4.69) is 45.0 Å². The molecule has 4 rings (SSSR count). The van der Waals surface area contributed by atoms with Crippen molar-refractivity contribution in [3.05, 3.63) is 83.4 Å². The Bertz CT molecular complexity index is 1290. The van der Waals surface area contributed by atoms with Crippen molar-refractivity contribution in [1.82, 2.24) is 0 Å². The van der Waals surface area contributed by atoms with E-state index < -0.39 is 7.37 Å². The summed E-state index contributed by atoms with van der Waals surface area (Å²) in [6, 6.07) is 22.4. The van der Waals surface area contributed by atoms with Crippen LogP contribution in [0.1, 0.15) is 62.3 Å². The summed E-state index contributed by atoms with van der Waals surface area (Å²) in [4.78, 5) is 12.1. The largest absolute Gasteiger partial charge is 1.00 e. The van der Waals surface area contributed by atoms with E-state index in [9.17, 15) is 9.46 Å². The third kappa shape index (κ3) is 8.70. The summed E-state index contributed by atoms with van der Waals surface area (Å²) in [5.74, 6) is 2.05. The van der Waals surface area contributed by atoms with E-state index in [0.717, 1.165) is 52.2 Å². The van der Waals surface area contributed by atoms with Gasteiger partial charge in [-0.3, -0.25) is 0 Å². The third-order valence-electron chi connectivity index (χ3n) is 7.21. The number of hydrogen-bond donors (Lipinski definition) is 0. The molecule has 39 heavy (non-hydrogen) atoms. The Balaban J connectivity index is 0.00000420. The molecule has 0 aromatic heterocycles. The van der Waals surface area contributed by atoms with E-state index in [4.69, 9.17) is 14.2 Å².